The minimum Gasteiger partial charge on any atom is -0.354 e. The Morgan fingerprint density at radius 2 is 2.46 bits per heavy atom. The average molecular weight is 195 g/mol. The topological polar surface area (TPSA) is 55.6 Å². The van der Waals surface area contributed by atoms with Gasteiger partial charge in [0.2, 0.25) is 11.1 Å². The van der Waals surface area contributed by atoms with Gasteiger partial charge in [0.25, 0.3) is 0 Å². The van der Waals surface area contributed by atoms with E-state index in [9.17, 15) is 0 Å². The molecule has 68 valence electrons. The quantitative estimate of drug-likeness (QED) is 0.798. The summed E-state index contributed by atoms with van der Waals surface area (Å²) in [6.45, 7) is 2.84. The highest BCUT2D eigenvalue weighted by molar-refractivity contribution is 7.12. The Bertz CT molecular complexity index is 366. The second-order valence-electron chi connectivity index (χ2n) is 2.34. The molecule has 1 N–H and O–H groups in total. The van der Waals surface area contributed by atoms with Gasteiger partial charge in [0, 0.05) is 18.1 Å². The largest absolute Gasteiger partial charge is 0.354 e. The first-order chi connectivity index (χ1) is 6.42. The molecule has 0 aliphatic rings. The predicted octanol–water partition coefficient (Wildman–Crippen LogP) is 1.16. The molecule has 0 bridgehead atoms. The average Bonchev–Trinajstić information content (AvgIpc) is 2.71. The molecule has 0 atom stereocenters. The van der Waals surface area contributed by atoms with Crippen LogP contribution in [0.4, 0.5) is 5.95 Å². The molecule has 0 aliphatic heterocycles. The van der Waals surface area contributed by atoms with Crippen LogP contribution in [0.1, 0.15) is 6.92 Å². The van der Waals surface area contributed by atoms with Gasteiger partial charge in [-0.3, -0.25) is 0 Å². The lowest BCUT2D eigenvalue weighted by molar-refractivity contribution is 0.866. The number of hydrogen-bond donors (Lipinski definition) is 1. The van der Waals surface area contributed by atoms with E-state index in [1.54, 1.807) is 10.9 Å². The van der Waals surface area contributed by atoms with Crippen molar-refractivity contribution in [3.8, 4) is 5.13 Å². The van der Waals surface area contributed by atoms with E-state index in [1.165, 1.54) is 17.7 Å². The van der Waals surface area contributed by atoms with Crippen molar-refractivity contribution in [2.75, 3.05) is 11.9 Å². The molecule has 2 heterocycles. The number of aromatic nitrogens is 4. The number of thiazole rings is 1. The van der Waals surface area contributed by atoms with E-state index in [0.29, 0.717) is 0 Å². The maximum absolute atomic E-state index is 4.14. The first kappa shape index (κ1) is 8.18. The summed E-state index contributed by atoms with van der Waals surface area (Å²) < 4.78 is 1.69. The molecule has 2 aromatic rings. The van der Waals surface area contributed by atoms with Crippen LogP contribution in [0.5, 0.6) is 0 Å². The highest BCUT2D eigenvalue weighted by Crippen LogP contribution is 2.13. The summed E-state index contributed by atoms with van der Waals surface area (Å²) in [5.74, 6) is 0.734. The van der Waals surface area contributed by atoms with Gasteiger partial charge in [0.05, 0.1) is 0 Å². The number of nitrogens with one attached hydrogen (secondary N) is 1. The Labute approximate surface area is 79.5 Å². The summed E-state index contributed by atoms with van der Waals surface area (Å²) in [5.41, 5.74) is 0. The Morgan fingerprint density at radius 1 is 1.54 bits per heavy atom. The highest BCUT2D eigenvalue weighted by atomic mass is 32.1. The third-order valence-electron chi connectivity index (χ3n) is 1.48. The van der Waals surface area contributed by atoms with Crippen molar-refractivity contribution in [1.29, 1.82) is 0 Å². The summed E-state index contributed by atoms with van der Waals surface area (Å²) in [7, 11) is 0. The molecule has 0 unspecified atom stereocenters. The van der Waals surface area contributed by atoms with E-state index in [4.69, 9.17) is 0 Å². The van der Waals surface area contributed by atoms with Crippen LogP contribution >= 0.6 is 11.3 Å². The van der Waals surface area contributed by atoms with Gasteiger partial charge in [-0.25, -0.2) is 4.98 Å². The molecule has 0 spiro atoms. The maximum atomic E-state index is 4.14. The summed E-state index contributed by atoms with van der Waals surface area (Å²) in [6, 6.07) is 0. The number of hydrogen-bond acceptors (Lipinski definition) is 5. The zero-order chi connectivity index (χ0) is 9.10. The summed E-state index contributed by atoms with van der Waals surface area (Å²) in [5, 5.41) is 9.91. The molecule has 0 amide bonds. The van der Waals surface area contributed by atoms with Gasteiger partial charge in [0.1, 0.15) is 6.33 Å². The summed E-state index contributed by atoms with van der Waals surface area (Å²) in [6.07, 6.45) is 3.26. The van der Waals surface area contributed by atoms with Crippen LogP contribution in [-0.4, -0.2) is 26.3 Å². The van der Waals surface area contributed by atoms with Crippen molar-refractivity contribution >= 4 is 17.3 Å². The van der Waals surface area contributed by atoms with Crippen LogP contribution in [0, 0.1) is 0 Å². The van der Waals surface area contributed by atoms with Crippen LogP contribution in [0.15, 0.2) is 17.9 Å². The molecule has 0 aliphatic carbocycles. The molecular formula is C7H9N5S. The minimum atomic E-state index is 0.734. The van der Waals surface area contributed by atoms with Gasteiger partial charge in [0.15, 0.2) is 0 Å². The van der Waals surface area contributed by atoms with Gasteiger partial charge < -0.3 is 5.32 Å². The van der Waals surface area contributed by atoms with Crippen molar-refractivity contribution in [3.05, 3.63) is 17.9 Å². The number of rotatable bonds is 3. The lowest BCUT2D eigenvalue weighted by Gasteiger charge is -2.01. The standard InChI is InChI=1S/C7H9N5S/c1-2-8-6-10-5-11-12(6)7-9-3-4-13-7/h3-5H,2H2,1H3,(H,8,10,11). The van der Waals surface area contributed by atoms with Gasteiger partial charge in [-0.2, -0.15) is 14.8 Å². The maximum Gasteiger partial charge on any atom is 0.228 e. The molecule has 0 radical (unpaired) electrons. The molecule has 2 aromatic heterocycles. The molecule has 0 saturated carbocycles. The van der Waals surface area contributed by atoms with Crippen LogP contribution in [0.2, 0.25) is 0 Å². The van der Waals surface area contributed by atoms with Crippen LogP contribution in [0.25, 0.3) is 5.13 Å². The predicted molar refractivity (Wildman–Crippen MR) is 51.2 cm³/mol. The van der Waals surface area contributed by atoms with Crippen molar-refractivity contribution in [2.45, 2.75) is 6.92 Å². The van der Waals surface area contributed by atoms with Gasteiger partial charge in [-0.15, -0.1) is 11.3 Å². The van der Waals surface area contributed by atoms with E-state index in [0.717, 1.165) is 17.6 Å². The Hall–Kier alpha value is -1.43. The Morgan fingerprint density at radius 3 is 3.15 bits per heavy atom. The van der Waals surface area contributed by atoms with Crippen molar-refractivity contribution in [1.82, 2.24) is 19.7 Å². The van der Waals surface area contributed by atoms with Crippen LogP contribution in [-0.2, 0) is 0 Å². The van der Waals surface area contributed by atoms with Crippen LogP contribution < -0.4 is 5.32 Å². The molecule has 2 rings (SSSR count). The van der Waals surface area contributed by atoms with E-state index < -0.39 is 0 Å². The zero-order valence-corrected chi connectivity index (χ0v) is 7.95. The molecule has 13 heavy (non-hydrogen) atoms. The normalized spacial score (nSPS) is 10.2. The fourth-order valence-corrected chi connectivity index (χ4v) is 1.58. The third-order valence-corrected chi connectivity index (χ3v) is 2.23. The van der Waals surface area contributed by atoms with E-state index in [1.807, 2.05) is 12.3 Å². The Kier molecular flexibility index (Phi) is 2.22. The molecule has 0 fully saturated rings. The highest BCUT2D eigenvalue weighted by Gasteiger charge is 2.06. The molecule has 0 saturated heterocycles. The second kappa shape index (κ2) is 3.53. The lowest BCUT2D eigenvalue weighted by atomic mass is 10.7. The van der Waals surface area contributed by atoms with Gasteiger partial charge in [-0.05, 0) is 6.92 Å². The molecule has 0 aromatic carbocycles. The second-order valence-corrected chi connectivity index (χ2v) is 3.21. The zero-order valence-electron chi connectivity index (χ0n) is 7.14. The third kappa shape index (κ3) is 1.52. The summed E-state index contributed by atoms with van der Waals surface area (Å²) in [4.78, 5) is 8.21. The fraction of sp³-hybridized carbons (Fsp3) is 0.286. The fourth-order valence-electron chi connectivity index (χ4n) is 0.981. The van der Waals surface area contributed by atoms with Gasteiger partial charge >= 0.3 is 0 Å². The monoisotopic (exact) mass is 195 g/mol. The van der Waals surface area contributed by atoms with Crippen molar-refractivity contribution in [2.24, 2.45) is 0 Å². The van der Waals surface area contributed by atoms with E-state index in [-0.39, 0.29) is 0 Å². The Balaban J connectivity index is 2.35. The van der Waals surface area contributed by atoms with E-state index >= 15 is 0 Å². The SMILES string of the molecule is CCNc1ncnn1-c1nccs1. The molecular weight excluding hydrogens is 186 g/mol. The molecule has 5 nitrogen and oxygen atoms in total. The first-order valence-corrected chi connectivity index (χ1v) is 4.83. The van der Waals surface area contributed by atoms with Gasteiger partial charge in [-0.1, -0.05) is 0 Å². The number of anilines is 1. The first-order valence-electron chi connectivity index (χ1n) is 3.95. The molecule has 6 heteroatoms. The lowest BCUT2D eigenvalue weighted by Crippen LogP contribution is -2.06. The van der Waals surface area contributed by atoms with Crippen LogP contribution in [0.3, 0.4) is 0 Å². The van der Waals surface area contributed by atoms with E-state index in [2.05, 4.69) is 20.4 Å². The minimum absolute atomic E-state index is 0.734. The van der Waals surface area contributed by atoms with Crippen molar-refractivity contribution < 1.29 is 0 Å². The van der Waals surface area contributed by atoms with Crippen molar-refractivity contribution in [3.63, 3.8) is 0 Å². The smallest absolute Gasteiger partial charge is 0.228 e. The number of nitrogens with zero attached hydrogens (tertiary/aromatic N) is 4. The summed E-state index contributed by atoms with van der Waals surface area (Å²) >= 11 is 1.53.